The van der Waals surface area contributed by atoms with Gasteiger partial charge in [0.05, 0.1) is 12.6 Å². The van der Waals surface area contributed by atoms with Gasteiger partial charge < -0.3 is 30.9 Å². The van der Waals surface area contributed by atoms with Crippen LogP contribution in [0.5, 0.6) is 0 Å². The van der Waals surface area contributed by atoms with Crippen LogP contribution in [-0.2, 0) is 11.3 Å². The van der Waals surface area contributed by atoms with Crippen molar-refractivity contribution in [3.8, 4) is 11.5 Å². The lowest BCUT2D eigenvalue weighted by Gasteiger charge is -2.15. The molecule has 0 spiro atoms. The maximum absolute atomic E-state index is 13.0. The molecule has 1 aliphatic rings. The molecule has 166 valence electrons. The molecule has 0 saturated heterocycles. The Morgan fingerprint density at radius 3 is 2.91 bits per heavy atom. The summed E-state index contributed by atoms with van der Waals surface area (Å²) >= 11 is 0. The topological polar surface area (TPSA) is 178 Å². The molecule has 1 aliphatic heterocycles. The number of rotatable bonds is 6. The summed E-state index contributed by atoms with van der Waals surface area (Å²) in [7, 11) is 3.48. The van der Waals surface area contributed by atoms with E-state index in [1.54, 1.807) is 32.0 Å². The van der Waals surface area contributed by atoms with Crippen molar-refractivity contribution in [2.75, 3.05) is 31.3 Å². The first kappa shape index (κ1) is 21.1. The number of imidazole rings is 1. The van der Waals surface area contributed by atoms with E-state index in [1.807, 2.05) is 0 Å². The zero-order chi connectivity index (χ0) is 22.8. The Kier molecular flexibility index (Phi) is 5.64. The van der Waals surface area contributed by atoms with Crippen LogP contribution in [0.3, 0.4) is 0 Å². The number of nitrogens with one attached hydrogen (secondary N) is 5. The van der Waals surface area contributed by atoms with Crippen LogP contribution in [0.2, 0.25) is 0 Å². The van der Waals surface area contributed by atoms with E-state index in [0.29, 0.717) is 46.7 Å². The predicted molar refractivity (Wildman–Crippen MR) is 114 cm³/mol. The second kappa shape index (κ2) is 8.55. The Balaban J connectivity index is 1.53. The molecular formula is C19H22N10O3. The summed E-state index contributed by atoms with van der Waals surface area (Å²) in [4.78, 5) is 42.2. The molecule has 0 saturated carbocycles. The normalized spacial score (nSPS) is 14.8. The average Bonchev–Trinajstić information content (AvgIpc) is 3.38. The van der Waals surface area contributed by atoms with E-state index in [-0.39, 0.29) is 18.1 Å². The minimum Gasteiger partial charge on any atom is -0.371 e. The minimum absolute atomic E-state index is 0.177. The van der Waals surface area contributed by atoms with Crippen molar-refractivity contribution < 1.29 is 14.1 Å². The number of hydrogen-bond donors (Lipinski definition) is 5. The van der Waals surface area contributed by atoms with Gasteiger partial charge in [-0.05, 0) is 14.0 Å². The zero-order valence-corrected chi connectivity index (χ0v) is 17.7. The molecule has 0 aliphatic carbocycles. The lowest BCUT2D eigenvalue weighted by molar-refractivity contribution is -0.116. The number of H-pyrrole nitrogens is 1. The van der Waals surface area contributed by atoms with Gasteiger partial charge in [-0.2, -0.15) is 0 Å². The smallest absolute Gasteiger partial charge is 0.271 e. The Labute approximate surface area is 182 Å². The lowest BCUT2D eigenvalue weighted by Crippen LogP contribution is -2.29. The second-order valence-corrected chi connectivity index (χ2v) is 7.32. The highest BCUT2D eigenvalue weighted by atomic mass is 16.5. The van der Waals surface area contributed by atoms with Crippen LogP contribution in [-0.4, -0.2) is 68.7 Å². The van der Waals surface area contributed by atoms with Gasteiger partial charge in [0, 0.05) is 31.4 Å². The van der Waals surface area contributed by atoms with Gasteiger partial charge in [-0.3, -0.25) is 14.5 Å². The summed E-state index contributed by atoms with van der Waals surface area (Å²) in [5.41, 5.74) is 1.66. The molecule has 13 nitrogen and oxygen atoms in total. The van der Waals surface area contributed by atoms with E-state index in [4.69, 9.17) is 9.93 Å². The quantitative estimate of drug-likeness (QED) is 0.348. The van der Waals surface area contributed by atoms with Gasteiger partial charge in [-0.25, -0.2) is 15.0 Å². The highest BCUT2D eigenvalue weighted by Crippen LogP contribution is 2.24. The molecule has 2 amide bonds. The van der Waals surface area contributed by atoms with Crippen molar-refractivity contribution in [3.63, 3.8) is 0 Å². The maximum Gasteiger partial charge on any atom is 0.271 e. The standard InChI is InChI=1S/C19H22N10O3/c1-9(13-4-11(28-32-13)18-25-12(5-20)17(21-2)27-18)24-19(31)15-10-6-29(3)7-14(30)26-16(10)23-8-22-15/h4-5,8-9,20-21H,6-7H2,1-3H3,(H,24,31)(H,25,27)(H,22,23,26,30)/t9-/m1/s1. The van der Waals surface area contributed by atoms with Crippen LogP contribution >= 0.6 is 0 Å². The van der Waals surface area contributed by atoms with Gasteiger partial charge in [0.15, 0.2) is 17.4 Å². The maximum atomic E-state index is 13.0. The molecule has 1 atom stereocenters. The van der Waals surface area contributed by atoms with E-state index in [2.05, 4.69) is 41.0 Å². The fourth-order valence-corrected chi connectivity index (χ4v) is 3.35. The molecule has 32 heavy (non-hydrogen) atoms. The van der Waals surface area contributed by atoms with Crippen LogP contribution in [0.25, 0.3) is 11.5 Å². The van der Waals surface area contributed by atoms with Crippen molar-refractivity contribution in [1.29, 1.82) is 5.41 Å². The van der Waals surface area contributed by atoms with Gasteiger partial charge in [-0.15, -0.1) is 0 Å². The van der Waals surface area contributed by atoms with Crippen LogP contribution in [0.15, 0.2) is 16.9 Å². The number of carbonyl (C=O) groups excluding carboxylic acids is 2. The van der Waals surface area contributed by atoms with Crippen molar-refractivity contribution in [2.45, 2.75) is 19.5 Å². The highest BCUT2D eigenvalue weighted by molar-refractivity contribution is 5.98. The van der Waals surface area contributed by atoms with E-state index in [0.717, 1.165) is 6.21 Å². The summed E-state index contributed by atoms with van der Waals surface area (Å²) in [6.45, 7) is 2.29. The molecule has 4 rings (SSSR count). The molecule has 0 radical (unpaired) electrons. The number of amides is 2. The molecule has 3 aromatic rings. The van der Waals surface area contributed by atoms with E-state index in [1.165, 1.54) is 6.33 Å². The summed E-state index contributed by atoms with van der Waals surface area (Å²) in [5.74, 6) is 1.06. The monoisotopic (exact) mass is 438 g/mol. The van der Waals surface area contributed by atoms with Gasteiger partial charge in [0.25, 0.3) is 5.91 Å². The Hall–Kier alpha value is -4.13. The molecule has 4 heterocycles. The van der Waals surface area contributed by atoms with E-state index in [9.17, 15) is 9.59 Å². The molecule has 0 bridgehead atoms. The van der Waals surface area contributed by atoms with E-state index >= 15 is 0 Å². The SMILES string of the molecule is CNc1nc(-c2cc([C@@H](C)NC(=O)c3ncnc4c3CN(C)CC(=O)N4)on2)[nH]c1C=N. The number of anilines is 2. The Bertz CT molecular complexity index is 1180. The largest absolute Gasteiger partial charge is 0.371 e. The first-order chi connectivity index (χ1) is 15.4. The highest BCUT2D eigenvalue weighted by Gasteiger charge is 2.26. The van der Waals surface area contributed by atoms with Gasteiger partial charge >= 0.3 is 0 Å². The Morgan fingerprint density at radius 1 is 1.38 bits per heavy atom. The molecule has 3 aromatic heterocycles. The number of likely N-dealkylation sites (N-methyl/N-ethyl adjacent to an activating group) is 1. The van der Waals surface area contributed by atoms with Crippen molar-refractivity contribution in [2.24, 2.45) is 0 Å². The molecule has 0 fully saturated rings. The molecule has 13 heteroatoms. The minimum atomic E-state index is -0.520. The second-order valence-electron chi connectivity index (χ2n) is 7.32. The molecule has 5 N–H and O–H groups in total. The van der Waals surface area contributed by atoms with Crippen LogP contribution in [0.1, 0.15) is 40.5 Å². The number of fused-ring (bicyclic) bond motifs is 1. The third-order valence-corrected chi connectivity index (χ3v) is 4.92. The summed E-state index contributed by atoms with van der Waals surface area (Å²) in [5, 5.41) is 19.9. The molecular weight excluding hydrogens is 416 g/mol. The van der Waals surface area contributed by atoms with Gasteiger partial charge in [0.2, 0.25) is 5.91 Å². The first-order valence-corrected chi connectivity index (χ1v) is 9.78. The van der Waals surface area contributed by atoms with E-state index < -0.39 is 11.9 Å². The summed E-state index contributed by atoms with van der Waals surface area (Å²) in [6.07, 6.45) is 2.39. The fraction of sp³-hybridized carbons (Fsp3) is 0.316. The van der Waals surface area contributed by atoms with Crippen LogP contribution < -0.4 is 16.0 Å². The predicted octanol–water partition coefficient (Wildman–Crippen LogP) is 0.769. The number of hydrogen-bond acceptors (Lipinski definition) is 10. The summed E-state index contributed by atoms with van der Waals surface area (Å²) in [6, 6.07) is 1.14. The lowest BCUT2D eigenvalue weighted by atomic mass is 10.1. The third-order valence-electron chi connectivity index (χ3n) is 4.92. The average molecular weight is 438 g/mol. The number of carbonyl (C=O) groups is 2. The van der Waals surface area contributed by atoms with Gasteiger partial charge in [-0.1, -0.05) is 5.16 Å². The van der Waals surface area contributed by atoms with Gasteiger partial charge in [0.1, 0.15) is 29.2 Å². The number of aromatic nitrogens is 5. The Morgan fingerprint density at radius 2 is 2.19 bits per heavy atom. The van der Waals surface area contributed by atoms with Crippen LogP contribution in [0.4, 0.5) is 11.6 Å². The molecule has 0 aromatic carbocycles. The fourth-order valence-electron chi connectivity index (χ4n) is 3.35. The number of aromatic amines is 1. The third kappa shape index (κ3) is 4.05. The number of nitrogens with zero attached hydrogens (tertiary/aromatic N) is 5. The zero-order valence-electron chi connectivity index (χ0n) is 17.7. The summed E-state index contributed by atoms with van der Waals surface area (Å²) < 4.78 is 5.40. The van der Waals surface area contributed by atoms with Crippen molar-refractivity contribution >= 4 is 29.7 Å². The van der Waals surface area contributed by atoms with Crippen molar-refractivity contribution in [1.82, 2.24) is 35.3 Å². The van der Waals surface area contributed by atoms with Crippen molar-refractivity contribution in [3.05, 3.63) is 35.1 Å². The molecule has 0 unspecified atom stereocenters. The van der Waals surface area contributed by atoms with Crippen LogP contribution in [0, 0.1) is 5.41 Å². The first-order valence-electron chi connectivity index (χ1n) is 9.78.